The molecule has 14 rings (SSSR count). The molecular weight excluding hydrogens is 1630 g/mol. The van der Waals surface area contributed by atoms with Gasteiger partial charge in [0.1, 0.15) is 22.8 Å². The number of rotatable bonds is 12. The molecule has 0 aliphatic carbocycles. The summed E-state index contributed by atoms with van der Waals surface area (Å²) >= 11 is 0. The molecule has 0 fully saturated rings. The molecule has 6 aromatic heterocycles. The van der Waals surface area contributed by atoms with Crippen LogP contribution in [0.2, 0.25) is 0 Å². The number of nitrogens with zero attached hydrogens (tertiary/aromatic N) is 10. The molecule has 8 aromatic carbocycles. The fourth-order valence-electron chi connectivity index (χ4n) is 14.4. The first-order valence-electron chi connectivity index (χ1n) is 41.1. The molecular formula is C100H122Cl2FeN10O10. The van der Waals surface area contributed by atoms with Crippen molar-refractivity contribution >= 4 is 44.1 Å². The molecule has 6 heterocycles. The zero-order valence-electron chi connectivity index (χ0n) is 76.0. The summed E-state index contributed by atoms with van der Waals surface area (Å²) in [4.78, 5) is 31.6. The van der Waals surface area contributed by atoms with Crippen LogP contribution in [0.5, 0.6) is 0 Å². The molecule has 0 amide bonds. The molecule has 0 saturated heterocycles. The number of para-hydroxylation sites is 8. The number of fused-ring (bicyclic) bond motifs is 4. The van der Waals surface area contributed by atoms with Crippen LogP contribution in [0.25, 0.3) is 90.2 Å². The van der Waals surface area contributed by atoms with Crippen LogP contribution in [0.1, 0.15) is 240 Å². The number of halogens is 2. The summed E-state index contributed by atoms with van der Waals surface area (Å²) in [7, 11) is -9.89. The monoisotopic (exact) mass is 1750 g/mol. The maximum Gasteiger partial charge on any atom is 2.00 e. The number of hydrogen-bond donors (Lipinski definition) is 1. The van der Waals surface area contributed by atoms with Gasteiger partial charge in [-0.25, -0.2) is 67.2 Å². The summed E-state index contributed by atoms with van der Waals surface area (Å²) in [5.41, 5.74) is 27.6. The molecule has 20 nitrogen and oxygen atoms in total. The van der Waals surface area contributed by atoms with E-state index < -0.39 is 20.5 Å². The topological polar surface area (TPSA) is 333 Å². The van der Waals surface area contributed by atoms with Crippen molar-refractivity contribution in [3.05, 3.63) is 273 Å². The van der Waals surface area contributed by atoms with E-state index in [4.69, 9.17) is 72.3 Å². The molecule has 0 bridgehead atoms. The molecule has 0 atom stereocenters. The third kappa shape index (κ3) is 25.9. The summed E-state index contributed by atoms with van der Waals surface area (Å²) < 4.78 is 77.3. The second kappa shape index (κ2) is 38.2. The molecule has 3 N–H and O–H groups in total. The van der Waals surface area contributed by atoms with Gasteiger partial charge in [-0.2, -0.15) is 0 Å². The van der Waals surface area contributed by atoms with Crippen LogP contribution in [0.15, 0.2) is 206 Å². The number of benzene rings is 8. The predicted octanol–water partition coefficient (Wildman–Crippen LogP) is 14.5. The van der Waals surface area contributed by atoms with Crippen LogP contribution >= 0.6 is 0 Å². The number of imidazole rings is 4. The molecule has 14 aromatic rings. The predicted molar refractivity (Wildman–Crippen MR) is 472 cm³/mol. The third-order valence-corrected chi connectivity index (χ3v) is 21.3. The number of hydrogen-bond acceptors (Lipinski definition) is 15. The normalized spacial score (nSPS) is 12.5. The Morgan fingerprint density at radius 3 is 0.545 bits per heavy atom. The summed E-state index contributed by atoms with van der Waals surface area (Å²) in [5.74, 6) is 3.41. The third-order valence-electron chi connectivity index (χ3n) is 21.3. The molecule has 123 heavy (non-hydrogen) atoms. The molecule has 0 radical (unpaired) electrons. The number of aliphatic hydroxyl groups is 1. The Hall–Kier alpha value is -9.36. The van der Waals surface area contributed by atoms with Gasteiger partial charge in [-0.1, -0.05) is 300 Å². The standard InChI is InChI=1S/2C49H57N5.C2H6O.2ClHO4.Fe.H2O/c2*1-46(2,3)34-24-32(25-35(28-34)47(4,5)6)30-53-42-22-15-13-18-38(42)51-44(53)40-20-17-21-41(50-40)45-52-39-19-14-16-23-43(39)54(45)31-33-26-36(48(7,8)9)29-37(27-33)49(10,11)12;1-2-3;2*2-1(3,4)5;;/h2*13-29H,30-31H2,1-12H3;3H,2H2,1H3;2*(H,2,3,4,5);;1H2/q;;;;;+2;/p-2. The van der Waals surface area contributed by atoms with E-state index in [1.165, 1.54) is 66.8 Å². The van der Waals surface area contributed by atoms with E-state index >= 15 is 0 Å². The van der Waals surface area contributed by atoms with Gasteiger partial charge in [-0.05, 0) is 190 Å². The summed E-state index contributed by atoms with van der Waals surface area (Å²) in [6, 6.07) is 74.8. The van der Waals surface area contributed by atoms with E-state index in [2.05, 4.69) is 391 Å². The van der Waals surface area contributed by atoms with Crippen molar-refractivity contribution < 1.29 is 85.4 Å². The average molecular weight is 1750 g/mol. The Balaban J connectivity index is 0.000000263. The minimum atomic E-state index is -4.94. The van der Waals surface area contributed by atoms with Gasteiger partial charge in [0.25, 0.3) is 0 Å². The van der Waals surface area contributed by atoms with Crippen molar-refractivity contribution in [2.24, 2.45) is 0 Å². The van der Waals surface area contributed by atoms with Crippen molar-refractivity contribution in [1.29, 1.82) is 0 Å². The van der Waals surface area contributed by atoms with Crippen LogP contribution in [0, 0.1) is 20.5 Å². The maximum absolute atomic E-state index is 8.49. The second-order valence-corrected chi connectivity index (χ2v) is 41.1. The van der Waals surface area contributed by atoms with Crippen molar-refractivity contribution in [3.63, 3.8) is 0 Å². The SMILES string of the molecule is CC(C)(C)c1cc(Cn2c(-c3cccc(-c4nc5ccccc5n4Cc4cc(C(C)(C)C)cc(C(C)(C)C)c4)n3)nc3ccccc32)cc(C(C)(C)C)c1.CC(C)(C)c1cc(Cn2c(-c3cccc(-c4nc5ccccc5n4Cc4cc(C(C)(C)C)cc(C(C)(C)C)c4)n3)nc3ccccc32)cc(C(C)(C)C)c1.CCO.O.[Fe+2].[O-][Cl+3]([O-])([O-])[O-].[O-][Cl+3]([O-])([O-])[O-]. The van der Waals surface area contributed by atoms with Gasteiger partial charge < -0.3 is 28.9 Å². The van der Waals surface area contributed by atoms with Gasteiger partial charge in [0.15, 0.2) is 23.3 Å². The first-order chi connectivity index (χ1) is 55.9. The van der Waals surface area contributed by atoms with E-state index in [0.29, 0.717) is 26.2 Å². The summed E-state index contributed by atoms with van der Waals surface area (Å²) in [6.07, 6.45) is 0. The quantitative estimate of drug-likeness (QED) is 0.111. The fourth-order valence-corrected chi connectivity index (χ4v) is 14.4. The number of pyridine rings is 2. The Kier molecular flexibility index (Phi) is 30.8. The van der Waals surface area contributed by atoms with Crippen molar-refractivity contribution in [1.82, 2.24) is 48.2 Å². The van der Waals surface area contributed by atoms with Crippen LogP contribution in [-0.4, -0.2) is 65.4 Å². The smallest absolute Gasteiger partial charge is 0.412 e. The molecule has 0 unspecified atom stereocenters. The average Bonchev–Trinajstić information content (AvgIpc) is 1.63. The number of aromatic nitrogens is 10. The van der Waals surface area contributed by atoms with Gasteiger partial charge in [-0.3, -0.25) is 0 Å². The molecule has 0 spiro atoms. The van der Waals surface area contributed by atoms with Crippen molar-refractivity contribution in [2.75, 3.05) is 6.61 Å². The molecule has 654 valence electrons. The summed E-state index contributed by atoms with van der Waals surface area (Å²) in [6.45, 7) is 59.8. The van der Waals surface area contributed by atoms with Crippen molar-refractivity contribution in [3.8, 4) is 46.1 Å². The van der Waals surface area contributed by atoms with Gasteiger partial charge >= 0.3 is 17.1 Å². The molecule has 23 heteroatoms. The van der Waals surface area contributed by atoms with Crippen LogP contribution in [-0.2, 0) is 86.6 Å². The largest absolute Gasteiger partial charge is 2.00 e. The van der Waals surface area contributed by atoms with Crippen LogP contribution in [0.3, 0.4) is 0 Å². The first-order valence-corrected chi connectivity index (χ1v) is 43.6. The number of aliphatic hydroxyl groups excluding tert-OH is 1. The molecule has 0 aliphatic heterocycles. The molecule has 0 saturated carbocycles. The van der Waals surface area contributed by atoms with E-state index in [-0.39, 0.29) is 72.5 Å². The maximum atomic E-state index is 8.49. The zero-order chi connectivity index (χ0) is 89.3. The van der Waals surface area contributed by atoms with Gasteiger partial charge in [0.05, 0.1) is 44.1 Å². The van der Waals surface area contributed by atoms with Crippen LogP contribution < -0.4 is 37.3 Å². The van der Waals surface area contributed by atoms with E-state index in [0.717, 1.165) is 90.2 Å². The Morgan fingerprint density at radius 1 is 0.252 bits per heavy atom. The fraction of sp³-hybridized carbons (Fsp3) is 0.380. The van der Waals surface area contributed by atoms with Gasteiger partial charge in [0, 0.05) is 32.8 Å². The first kappa shape index (κ1) is 99.1. The van der Waals surface area contributed by atoms with Crippen LogP contribution in [0.4, 0.5) is 0 Å². The Labute approximate surface area is 741 Å². The second-order valence-electron chi connectivity index (χ2n) is 39.6. The Morgan fingerprint density at radius 2 is 0.398 bits per heavy atom. The Bertz CT molecular complexity index is 5130. The molecule has 0 aliphatic rings. The van der Waals surface area contributed by atoms with E-state index in [9.17, 15) is 0 Å². The summed E-state index contributed by atoms with van der Waals surface area (Å²) in [5, 5.41) is 7.57. The zero-order valence-corrected chi connectivity index (χ0v) is 78.6. The van der Waals surface area contributed by atoms with E-state index in [1.54, 1.807) is 6.92 Å². The minimum Gasteiger partial charge on any atom is -0.412 e. The van der Waals surface area contributed by atoms with Crippen molar-refractivity contribution in [2.45, 2.75) is 243 Å². The minimum absolute atomic E-state index is 0. The van der Waals surface area contributed by atoms with E-state index in [1.807, 2.05) is 0 Å². The van der Waals surface area contributed by atoms with Gasteiger partial charge in [-0.15, -0.1) is 20.5 Å². The van der Waals surface area contributed by atoms with Gasteiger partial charge in [0.2, 0.25) is 0 Å².